The number of benzene rings is 1. The third-order valence-corrected chi connectivity index (χ3v) is 4.04. The monoisotopic (exact) mass is 364 g/mol. The molecule has 2 heterocycles. The van der Waals surface area contributed by atoms with Gasteiger partial charge in [-0.25, -0.2) is 14.5 Å². The Morgan fingerprint density at radius 3 is 2.48 bits per heavy atom. The van der Waals surface area contributed by atoms with E-state index in [1.165, 1.54) is 12.3 Å². The highest BCUT2D eigenvalue weighted by Crippen LogP contribution is 2.23. The third-order valence-electron chi connectivity index (χ3n) is 4.04. The lowest BCUT2D eigenvalue weighted by molar-refractivity contribution is -0.119. The number of aryl methyl sites for hydroxylation is 2. The first kappa shape index (κ1) is 18.3. The number of carbonyl (C=O) groups excluding carboxylic acids is 2. The number of amides is 1. The zero-order valence-corrected chi connectivity index (χ0v) is 15.4. The number of nitrogens with zero attached hydrogens (tertiary/aromatic N) is 3. The minimum Gasteiger partial charge on any atom is -0.451 e. The molecule has 3 rings (SSSR count). The van der Waals surface area contributed by atoms with Crippen molar-refractivity contribution in [1.29, 1.82) is 0 Å². The molecule has 0 fully saturated rings. The predicted octanol–water partition coefficient (Wildman–Crippen LogP) is 2.99. The van der Waals surface area contributed by atoms with E-state index in [-0.39, 0.29) is 5.69 Å². The molecule has 0 saturated carbocycles. The highest BCUT2D eigenvalue weighted by molar-refractivity contribution is 5.95. The number of pyridine rings is 1. The van der Waals surface area contributed by atoms with Crippen molar-refractivity contribution in [3.63, 3.8) is 0 Å². The summed E-state index contributed by atoms with van der Waals surface area (Å²) in [6.45, 7) is 5.30. The largest absolute Gasteiger partial charge is 0.451 e. The molecule has 2 aromatic heterocycles. The number of anilines is 1. The van der Waals surface area contributed by atoms with Gasteiger partial charge in [-0.05, 0) is 45.0 Å². The van der Waals surface area contributed by atoms with Crippen molar-refractivity contribution in [2.75, 3.05) is 11.9 Å². The summed E-state index contributed by atoms with van der Waals surface area (Å²) < 4.78 is 6.77. The van der Waals surface area contributed by atoms with Crippen LogP contribution in [0.2, 0.25) is 0 Å². The van der Waals surface area contributed by atoms with Gasteiger partial charge in [0.05, 0.1) is 22.8 Å². The van der Waals surface area contributed by atoms with Crippen molar-refractivity contribution in [2.24, 2.45) is 0 Å². The zero-order chi connectivity index (χ0) is 19.4. The molecular weight excluding hydrogens is 344 g/mol. The van der Waals surface area contributed by atoms with E-state index in [0.717, 1.165) is 16.9 Å². The fourth-order valence-electron chi connectivity index (χ4n) is 2.63. The second-order valence-corrected chi connectivity index (χ2v) is 6.13. The first-order valence-corrected chi connectivity index (χ1v) is 8.47. The fourth-order valence-corrected chi connectivity index (χ4v) is 2.63. The van der Waals surface area contributed by atoms with Gasteiger partial charge in [-0.3, -0.25) is 4.79 Å². The summed E-state index contributed by atoms with van der Waals surface area (Å²) in [5.74, 6) is -1.08. The van der Waals surface area contributed by atoms with Crippen molar-refractivity contribution < 1.29 is 14.3 Å². The summed E-state index contributed by atoms with van der Waals surface area (Å²) in [6, 6.07) is 12.8. The third kappa shape index (κ3) is 4.20. The number of hydrogen-bond donors (Lipinski definition) is 1. The van der Waals surface area contributed by atoms with E-state index in [0.29, 0.717) is 11.4 Å². The maximum absolute atomic E-state index is 12.2. The van der Waals surface area contributed by atoms with Crippen LogP contribution < -0.4 is 5.32 Å². The Bertz CT molecular complexity index is 963. The Morgan fingerprint density at radius 1 is 1.07 bits per heavy atom. The van der Waals surface area contributed by atoms with E-state index in [2.05, 4.69) is 15.4 Å². The van der Waals surface area contributed by atoms with E-state index in [1.54, 1.807) is 16.8 Å². The van der Waals surface area contributed by atoms with Crippen LogP contribution in [0, 0.1) is 20.8 Å². The maximum Gasteiger partial charge on any atom is 0.357 e. The molecule has 0 saturated heterocycles. The van der Waals surface area contributed by atoms with E-state index in [1.807, 2.05) is 45.0 Å². The summed E-state index contributed by atoms with van der Waals surface area (Å²) >= 11 is 0. The SMILES string of the molecule is Cc1ccc(-n2nc(C)c(NC(=O)COC(=O)c3ccccn3)c2C)cc1. The molecule has 3 aromatic rings. The highest BCUT2D eigenvalue weighted by atomic mass is 16.5. The lowest BCUT2D eigenvalue weighted by Crippen LogP contribution is -2.22. The molecule has 0 spiro atoms. The van der Waals surface area contributed by atoms with Gasteiger partial charge in [-0.1, -0.05) is 23.8 Å². The van der Waals surface area contributed by atoms with Gasteiger partial charge in [0.15, 0.2) is 6.61 Å². The molecule has 0 bridgehead atoms. The summed E-state index contributed by atoms with van der Waals surface area (Å²) in [5.41, 5.74) is 4.30. The Kier molecular flexibility index (Phi) is 5.30. The molecule has 138 valence electrons. The summed E-state index contributed by atoms with van der Waals surface area (Å²) in [7, 11) is 0. The average molecular weight is 364 g/mol. The van der Waals surface area contributed by atoms with Gasteiger partial charge in [0.25, 0.3) is 5.91 Å². The number of hydrogen-bond acceptors (Lipinski definition) is 5. The molecule has 1 amide bonds. The van der Waals surface area contributed by atoms with Crippen molar-refractivity contribution in [3.8, 4) is 5.69 Å². The predicted molar refractivity (Wildman–Crippen MR) is 101 cm³/mol. The molecule has 0 atom stereocenters. The minimum atomic E-state index is -0.644. The highest BCUT2D eigenvalue weighted by Gasteiger charge is 2.17. The standard InChI is InChI=1S/C20H20N4O3/c1-13-7-9-16(10-8-13)24-15(3)19(14(2)23-24)22-18(25)12-27-20(26)17-6-4-5-11-21-17/h4-11H,12H2,1-3H3,(H,22,25). The van der Waals surface area contributed by atoms with Crippen LogP contribution in [0.5, 0.6) is 0 Å². The molecule has 1 aromatic carbocycles. The Morgan fingerprint density at radius 2 is 1.81 bits per heavy atom. The zero-order valence-electron chi connectivity index (χ0n) is 15.4. The first-order valence-electron chi connectivity index (χ1n) is 8.47. The number of aromatic nitrogens is 3. The van der Waals surface area contributed by atoms with Crippen LogP contribution in [0.25, 0.3) is 5.69 Å². The van der Waals surface area contributed by atoms with Crippen LogP contribution in [-0.4, -0.2) is 33.2 Å². The smallest absolute Gasteiger partial charge is 0.357 e. The number of esters is 1. The lowest BCUT2D eigenvalue weighted by atomic mass is 10.2. The molecule has 27 heavy (non-hydrogen) atoms. The van der Waals surface area contributed by atoms with Crippen LogP contribution in [0.4, 0.5) is 5.69 Å². The molecule has 7 heteroatoms. The molecule has 0 unspecified atom stereocenters. The van der Waals surface area contributed by atoms with E-state index in [4.69, 9.17) is 4.74 Å². The van der Waals surface area contributed by atoms with Crippen molar-refractivity contribution in [1.82, 2.24) is 14.8 Å². The first-order chi connectivity index (χ1) is 13.0. The van der Waals surface area contributed by atoms with Crippen LogP contribution in [-0.2, 0) is 9.53 Å². The van der Waals surface area contributed by atoms with E-state index in [9.17, 15) is 9.59 Å². The van der Waals surface area contributed by atoms with Gasteiger partial charge in [0, 0.05) is 6.20 Å². The van der Waals surface area contributed by atoms with Crippen molar-refractivity contribution in [3.05, 3.63) is 71.3 Å². The number of rotatable bonds is 5. The van der Waals surface area contributed by atoms with Crippen LogP contribution in [0.15, 0.2) is 48.7 Å². The van der Waals surface area contributed by atoms with E-state index < -0.39 is 18.5 Å². The van der Waals surface area contributed by atoms with Crippen LogP contribution in [0.3, 0.4) is 0 Å². The van der Waals surface area contributed by atoms with E-state index >= 15 is 0 Å². The second kappa shape index (κ2) is 7.82. The normalized spacial score (nSPS) is 10.5. The summed E-state index contributed by atoms with van der Waals surface area (Å²) in [5, 5.41) is 7.26. The minimum absolute atomic E-state index is 0.157. The second-order valence-electron chi connectivity index (χ2n) is 6.13. The molecule has 1 N–H and O–H groups in total. The fraction of sp³-hybridized carbons (Fsp3) is 0.200. The van der Waals surface area contributed by atoms with Crippen LogP contribution in [0.1, 0.15) is 27.4 Å². The molecule has 0 aliphatic heterocycles. The van der Waals surface area contributed by atoms with Gasteiger partial charge in [-0.15, -0.1) is 0 Å². The number of ether oxygens (including phenoxy) is 1. The molecule has 0 aliphatic rings. The molecular formula is C20H20N4O3. The Hall–Kier alpha value is -3.48. The molecule has 7 nitrogen and oxygen atoms in total. The summed E-state index contributed by atoms with van der Waals surface area (Å²) in [4.78, 5) is 28.0. The lowest BCUT2D eigenvalue weighted by Gasteiger charge is -2.08. The number of carbonyl (C=O) groups is 2. The topological polar surface area (TPSA) is 86.1 Å². The molecule has 0 aliphatic carbocycles. The van der Waals surface area contributed by atoms with Gasteiger partial charge in [-0.2, -0.15) is 5.10 Å². The van der Waals surface area contributed by atoms with Gasteiger partial charge in [0.2, 0.25) is 0 Å². The van der Waals surface area contributed by atoms with Crippen LogP contribution >= 0.6 is 0 Å². The quantitative estimate of drug-likeness (QED) is 0.704. The maximum atomic E-state index is 12.2. The van der Waals surface area contributed by atoms with Crippen molar-refractivity contribution in [2.45, 2.75) is 20.8 Å². The van der Waals surface area contributed by atoms with Gasteiger partial charge >= 0.3 is 5.97 Å². The Labute approximate surface area is 157 Å². The van der Waals surface area contributed by atoms with Gasteiger partial charge in [0.1, 0.15) is 5.69 Å². The summed E-state index contributed by atoms with van der Waals surface area (Å²) in [6.07, 6.45) is 1.49. The number of nitrogens with one attached hydrogen (secondary N) is 1. The van der Waals surface area contributed by atoms with Gasteiger partial charge < -0.3 is 10.1 Å². The average Bonchev–Trinajstić information content (AvgIpc) is 2.95. The molecule has 0 radical (unpaired) electrons. The Balaban J connectivity index is 1.67. The van der Waals surface area contributed by atoms with Crippen molar-refractivity contribution >= 4 is 17.6 Å².